The molecular formula is C22H23ClO4. The molecule has 0 unspecified atom stereocenters. The number of hydrogen-bond acceptors (Lipinski definition) is 3. The lowest BCUT2D eigenvalue weighted by Crippen LogP contribution is -2.50. The van der Waals surface area contributed by atoms with E-state index in [0.717, 1.165) is 22.6 Å². The van der Waals surface area contributed by atoms with E-state index in [2.05, 4.69) is 26.8 Å². The van der Waals surface area contributed by atoms with Crippen molar-refractivity contribution in [1.29, 1.82) is 0 Å². The summed E-state index contributed by atoms with van der Waals surface area (Å²) in [6.07, 6.45) is 0.623. The summed E-state index contributed by atoms with van der Waals surface area (Å²) in [5.74, 6) is 0.00479. The molecule has 0 saturated carbocycles. The quantitative estimate of drug-likeness (QED) is 0.744. The van der Waals surface area contributed by atoms with Gasteiger partial charge in [-0.15, -0.1) is 0 Å². The van der Waals surface area contributed by atoms with Gasteiger partial charge >= 0.3 is 5.97 Å². The van der Waals surface area contributed by atoms with Crippen LogP contribution in [0.15, 0.2) is 42.5 Å². The maximum atomic E-state index is 11.4. The van der Waals surface area contributed by atoms with Gasteiger partial charge in [-0.3, -0.25) is 0 Å². The number of carbonyl (C=O) groups is 1. The third-order valence-corrected chi connectivity index (χ3v) is 6.28. The van der Waals surface area contributed by atoms with E-state index >= 15 is 0 Å². The number of carboxylic acid groups (broad SMARTS) is 1. The minimum absolute atomic E-state index is 0.0404. The Bertz CT molecular complexity index is 892. The van der Waals surface area contributed by atoms with Crippen molar-refractivity contribution in [1.82, 2.24) is 0 Å². The van der Waals surface area contributed by atoms with E-state index in [1.807, 2.05) is 18.2 Å². The molecule has 0 amide bonds. The summed E-state index contributed by atoms with van der Waals surface area (Å²) >= 11 is 6.45. The summed E-state index contributed by atoms with van der Waals surface area (Å²) in [5.41, 5.74) is 1.73. The van der Waals surface area contributed by atoms with E-state index in [9.17, 15) is 9.90 Å². The van der Waals surface area contributed by atoms with Gasteiger partial charge in [0.05, 0.1) is 17.8 Å². The molecule has 142 valence electrons. The zero-order valence-electron chi connectivity index (χ0n) is 15.6. The summed E-state index contributed by atoms with van der Waals surface area (Å²) < 4.78 is 12.7. The molecule has 4 atom stereocenters. The van der Waals surface area contributed by atoms with E-state index in [-0.39, 0.29) is 29.6 Å². The van der Waals surface area contributed by atoms with Crippen LogP contribution in [-0.4, -0.2) is 22.8 Å². The standard InChI is InChI=1S/C22H23ClO4/c1-12-15(14-6-4-5-7-18(14)23)11-17-20(26-12)16-10-13(21(24)25)8-9-19(16)27-22(17,2)3/h4-10,12,15,17,20H,11H2,1-3H3,(H,24,25)/t12-,15-,17-,20+/m0/s1. The molecule has 0 aromatic heterocycles. The van der Waals surface area contributed by atoms with Gasteiger partial charge in [0.25, 0.3) is 0 Å². The molecule has 0 bridgehead atoms. The van der Waals surface area contributed by atoms with Crippen molar-refractivity contribution in [2.45, 2.75) is 50.9 Å². The normalized spacial score (nSPS) is 28.6. The first-order valence-corrected chi connectivity index (χ1v) is 9.62. The van der Waals surface area contributed by atoms with E-state index in [1.165, 1.54) is 0 Å². The molecule has 1 saturated heterocycles. The van der Waals surface area contributed by atoms with Gasteiger partial charge in [0.15, 0.2) is 0 Å². The van der Waals surface area contributed by atoms with Crippen LogP contribution in [-0.2, 0) is 4.74 Å². The fraction of sp³-hybridized carbons (Fsp3) is 0.409. The van der Waals surface area contributed by atoms with Gasteiger partial charge in [0, 0.05) is 22.4 Å². The van der Waals surface area contributed by atoms with Crippen LogP contribution in [0.3, 0.4) is 0 Å². The number of benzene rings is 2. The zero-order valence-corrected chi connectivity index (χ0v) is 16.4. The van der Waals surface area contributed by atoms with Gasteiger partial charge in [-0.2, -0.15) is 0 Å². The molecule has 1 fully saturated rings. The van der Waals surface area contributed by atoms with E-state index in [0.29, 0.717) is 5.75 Å². The minimum atomic E-state index is -0.947. The highest BCUT2D eigenvalue weighted by atomic mass is 35.5. The Hall–Kier alpha value is -2.04. The number of halogens is 1. The number of carboxylic acids is 1. The van der Waals surface area contributed by atoms with Crippen molar-refractivity contribution in [2.24, 2.45) is 5.92 Å². The van der Waals surface area contributed by atoms with Gasteiger partial charge in [0.1, 0.15) is 11.4 Å². The molecule has 2 aromatic rings. The van der Waals surface area contributed by atoms with Crippen molar-refractivity contribution in [3.05, 3.63) is 64.2 Å². The Morgan fingerprint density at radius 1 is 1.19 bits per heavy atom. The second kappa shape index (κ2) is 6.54. The summed E-state index contributed by atoms with van der Waals surface area (Å²) in [7, 11) is 0. The number of rotatable bonds is 2. The average Bonchev–Trinajstić information content (AvgIpc) is 2.61. The number of aromatic carboxylic acids is 1. The molecule has 27 heavy (non-hydrogen) atoms. The maximum Gasteiger partial charge on any atom is 0.335 e. The summed E-state index contributed by atoms with van der Waals surface area (Å²) in [4.78, 5) is 11.4. The fourth-order valence-corrected chi connectivity index (χ4v) is 4.74. The van der Waals surface area contributed by atoms with Crippen LogP contribution in [0.1, 0.15) is 60.7 Å². The van der Waals surface area contributed by atoms with Gasteiger partial charge in [-0.05, 0) is 57.0 Å². The van der Waals surface area contributed by atoms with Crippen LogP contribution in [0.25, 0.3) is 0 Å². The van der Waals surface area contributed by atoms with Crippen LogP contribution in [0, 0.1) is 5.92 Å². The SMILES string of the molecule is C[C@@H]1O[C@@H]2c3cc(C(=O)O)ccc3OC(C)(C)[C@H]2C[C@@H]1c1ccccc1Cl. The predicted octanol–water partition coefficient (Wildman–Crippen LogP) is 5.46. The van der Waals surface area contributed by atoms with Gasteiger partial charge < -0.3 is 14.6 Å². The average molecular weight is 387 g/mol. The van der Waals surface area contributed by atoms with Crippen molar-refractivity contribution < 1.29 is 19.4 Å². The summed E-state index contributed by atoms with van der Waals surface area (Å²) in [5, 5.41) is 10.1. The monoisotopic (exact) mass is 386 g/mol. The molecule has 0 radical (unpaired) electrons. The summed E-state index contributed by atoms with van der Waals surface area (Å²) in [6.45, 7) is 6.21. The molecule has 4 nitrogen and oxygen atoms in total. The number of fused-ring (bicyclic) bond motifs is 3. The molecule has 2 heterocycles. The highest BCUT2D eigenvalue weighted by Gasteiger charge is 2.50. The van der Waals surface area contributed by atoms with Gasteiger partial charge in [-0.25, -0.2) is 4.79 Å². The second-order valence-corrected chi connectivity index (χ2v) is 8.40. The van der Waals surface area contributed by atoms with Gasteiger partial charge in [-0.1, -0.05) is 29.8 Å². The molecule has 5 heteroatoms. The summed E-state index contributed by atoms with van der Waals surface area (Å²) in [6, 6.07) is 12.9. The fourth-order valence-electron chi connectivity index (χ4n) is 4.46. The highest BCUT2D eigenvalue weighted by molar-refractivity contribution is 6.31. The first kappa shape index (κ1) is 18.3. The van der Waals surface area contributed by atoms with E-state index < -0.39 is 11.6 Å². The third kappa shape index (κ3) is 3.11. The predicted molar refractivity (Wildman–Crippen MR) is 104 cm³/mol. The van der Waals surface area contributed by atoms with Crippen molar-refractivity contribution in [3.63, 3.8) is 0 Å². The Balaban J connectivity index is 1.75. The zero-order chi connectivity index (χ0) is 19.3. The highest BCUT2D eigenvalue weighted by Crippen LogP contribution is 2.54. The van der Waals surface area contributed by atoms with E-state index in [1.54, 1.807) is 18.2 Å². The maximum absolute atomic E-state index is 11.4. The molecule has 2 aliphatic heterocycles. The molecule has 0 aliphatic carbocycles. The smallest absolute Gasteiger partial charge is 0.335 e. The molecule has 1 N–H and O–H groups in total. The first-order valence-electron chi connectivity index (χ1n) is 9.24. The number of ether oxygens (including phenoxy) is 2. The Morgan fingerprint density at radius 2 is 1.93 bits per heavy atom. The van der Waals surface area contributed by atoms with Crippen molar-refractivity contribution in [3.8, 4) is 5.75 Å². The minimum Gasteiger partial charge on any atom is -0.487 e. The van der Waals surface area contributed by atoms with Crippen LogP contribution in [0.5, 0.6) is 5.75 Å². The first-order chi connectivity index (χ1) is 12.8. The lowest BCUT2D eigenvalue weighted by Gasteiger charge is -2.50. The van der Waals surface area contributed by atoms with Crippen LogP contribution in [0.2, 0.25) is 5.02 Å². The molecule has 2 aromatic carbocycles. The molecule has 4 rings (SSSR count). The number of hydrogen-bond donors (Lipinski definition) is 1. The van der Waals surface area contributed by atoms with Crippen LogP contribution < -0.4 is 4.74 Å². The molecule has 2 aliphatic rings. The molecule has 0 spiro atoms. The largest absolute Gasteiger partial charge is 0.487 e. The molecular weight excluding hydrogens is 364 g/mol. The third-order valence-electron chi connectivity index (χ3n) is 5.94. The van der Waals surface area contributed by atoms with Crippen molar-refractivity contribution in [2.75, 3.05) is 0 Å². The Labute approximate surface area is 164 Å². The van der Waals surface area contributed by atoms with Crippen molar-refractivity contribution >= 4 is 17.6 Å². The topological polar surface area (TPSA) is 55.8 Å². The lowest BCUT2D eigenvalue weighted by atomic mass is 9.70. The second-order valence-electron chi connectivity index (χ2n) is 8.00. The van der Waals surface area contributed by atoms with Crippen LogP contribution >= 0.6 is 11.6 Å². The van der Waals surface area contributed by atoms with E-state index in [4.69, 9.17) is 21.1 Å². The Morgan fingerprint density at radius 3 is 2.63 bits per heavy atom. The Kier molecular flexibility index (Phi) is 4.44. The van der Waals surface area contributed by atoms with Crippen LogP contribution in [0.4, 0.5) is 0 Å². The lowest BCUT2D eigenvalue weighted by molar-refractivity contribution is -0.153. The van der Waals surface area contributed by atoms with Gasteiger partial charge in [0.2, 0.25) is 0 Å².